The van der Waals surface area contributed by atoms with Gasteiger partial charge in [-0.2, -0.15) is 5.10 Å². The molecule has 2 heterocycles. The lowest BCUT2D eigenvalue weighted by Crippen LogP contribution is -2.17. The number of amides is 1. The first-order chi connectivity index (χ1) is 15.0. The smallest absolute Gasteiger partial charge is 0.269 e. The van der Waals surface area contributed by atoms with Crippen molar-refractivity contribution in [2.24, 2.45) is 0 Å². The van der Waals surface area contributed by atoms with Gasteiger partial charge in [-0.3, -0.25) is 14.9 Å². The minimum atomic E-state index is -0.458. The molecule has 0 saturated heterocycles. The summed E-state index contributed by atoms with van der Waals surface area (Å²) in [5, 5.41) is 21.0. The Kier molecular flexibility index (Phi) is 5.85. The van der Waals surface area contributed by atoms with Gasteiger partial charge in [0.2, 0.25) is 5.91 Å². The Morgan fingerprint density at radius 1 is 1.16 bits per heavy atom. The van der Waals surface area contributed by atoms with E-state index in [9.17, 15) is 14.9 Å². The first-order valence-corrected chi connectivity index (χ1v) is 10.4. The molecule has 0 radical (unpaired) electrons. The number of thiazole rings is 1. The summed E-state index contributed by atoms with van der Waals surface area (Å²) >= 11 is 1.54. The highest BCUT2D eigenvalue weighted by Crippen LogP contribution is 2.21. The molecule has 4 rings (SSSR count). The van der Waals surface area contributed by atoms with Crippen LogP contribution in [0.1, 0.15) is 22.0 Å². The van der Waals surface area contributed by atoms with Crippen molar-refractivity contribution in [3.05, 3.63) is 98.1 Å². The van der Waals surface area contributed by atoms with Gasteiger partial charge in [0.05, 0.1) is 33.4 Å². The highest BCUT2D eigenvalue weighted by molar-refractivity contribution is 7.09. The third-order valence-electron chi connectivity index (χ3n) is 4.54. The molecule has 0 fully saturated rings. The summed E-state index contributed by atoms with van der Waals surface area (Å²) in [4.78, 5) is 27.6. The van der Waals surface area contributed by atoms with Crippen molar-refractivity contribution in [2.45, 2.75) is 19.8 Å². The number of non-ortho nitro benzene ring substituents is 1. The van der Waals surface area contributed by atoms with Crippen molar-refractivity contribution >= 4 is 28.7 Å². The Morgan fingerprint density at radius 2 is 1.90 bits per heavy atom. The second-order valence-corrected chi connectivity index (χ2v) is 7.92. The zero-order valence-electron chi connectivity index (χ0n) is 16.7. The first-order valence-electron chi connectivity index (χ1n) is 9.56. The summed E-state index contributed by atoms with van der Waals surface area (Å²) in [6.45, 7) is 1.81. The lowest BCUT2D eigenvalue weighted by molar-refractivity contribution is -0.384. The van der Waals surface area contributed by atoms with Gasteiger partial charge in [-0.1, -0.05) is 30.3 Å². The summed E-state index contributed by atoms with van der Waals surface area (Å²) in [5.41, 5.74) is 3.22. The number of benzene rings is 2. The van der Waals surface area contributed by atoms with Crippen molar-refractivity contribution in [1.29, 1.82) is 0 Å². The maximum atomic E-state index is 12.6. The van der Waals surface area contributed by atoms with Crippen LogP contribution in [0.2, 0.25) is 0 Å². The standard InChI is InChI=1S/C22H19N5O3S/c1-15-11-20(26(25-15)18-7-9-19(10-8-18)27(29)30)24-21(28)13-17-14-31-22(23-17)12-16-5-3-2-4-6-16/h2-11,14H,12-13H2,1H3,(H,24,28). The Labute approximate surface area is 182 Å². The van der Waals surface area contributed by atoms with Crippen molar-refractivity contribution in [3.63, 3.8) is 0 Å². The van der Waals surface area contributed by atoms with Gasteiger partial charge in [0.15, 0.2) is 0 Å². The number of anilines is 1. The lowest BCUT2D eigenvalue weighted by Gasteiger charge is -2.08. The predicted molar refractivity (Wildman–Crippen MR) is 119 cm³/mol. The molecule has 0 aliphatic heterocycles. The number of nitrogens with zero attached hydrogens (tertiary/aromatic N) is 4. The fraction of sp³-hybridized carbons (Fsp3) is 0.136. The molecule has 0 atom stereocenters. The molecule has 0 saturated carbocycles. The number of rotatable bonds is 7. The summed E-state index contributed by atoms with van der Waals surface area (Å²) < 4.78 is 1.55. The number of nitro groups is 1. The fourth-order valence-electron chi connectivity index (χ4n) is 3.13. The zero-order valence-corrected chi connectivity index (χ0v) is 17.5. The molecule has 8 nitrogen and oxygen atoms in total. The van der Waals surface area contributed by atoms with E-state index in [-0.39, 0.29) is 18.0 Å². The van der Waals surface area contributed by atoms with Crippen LogP contribution in [-0.4, -0.2) is 25.6 Å². The molecule has 1 N–H and O–H groups in total. The topological polar surface area (TPSA) is 103 Å². The van der Waals surface area contributed by atoms with E-state index < -0.39 is 4.92 Å². The van der Waals surface area contributed by atoms with Crippen LogP contribution in [-0.2, 0) is 17.6 Å². The van der Waals surface area contributed by atoms with Crippen LogP contribution >= 0.6 is 11.3 Å². The third-order valence-corrected chi connectivity index (χ3v) is 5.44. The quantitative estimate of drug-likeness (QED) is 0.345. The van der Waals surface area contributed by atoms with Crippen LogP contribution in [0.25, 0.3) is 5.69 Å². The molecule has 31 heavy (non-hydrogen) atoms. The number of hydrogen-bond donors (Lipinski definition) is 1. The normalized spacial score (nSPS) is 10.7. The van der Waals surface area contributed by atoms with Crippen molar-refractivity contribution < 1.29 is 9.72 Å². The number of aryl methyl sites for hydroxylation is 1. The maximum Gasteiger partial charge on any atom is 0.269 e. The van der Waals surface area contributed by atoms with E-state index in [0.29, 0.717) is 22.9 Å². The number of hydrogen-bond acceptors (Lipinski definition) is 6. The SMILES string of the molecule is Cc1cc(NC(=O)Cc2csc(Cc3ccccc3)n2)n(-c2ccc([N+](=O)[O-])cc2)n1. The molecule has 9 heteroatoms. The first kappa shape index (κ1) is 20.4. The van der Waals surface area contributed by atoms with E-state index in [0.717, 1.165) is 11.4 Å². The van der Waals surface area contributed by atoms with Crippen molar-refractivity contribution in [2.75, 3.05) is 5.32 Å². The number of aromatic nitrogens is 3. The summed E-state index contributed by atoms with van der Waals surface area (Å²) in [6.07, 6.45) is 0.884. The Bertz CT molecular complexity index is 1220. The molecule has 0 unspecified atom stereocenters. The second kappa shape index (κ2) is 8.88. The van der Waals surface area contributed by atoms with Gasteiger partial charge >= 0.3 is 0 Å². The summed E-state index contributed by atoms with van der Waals surface area (Å²) in [5.74, 6) is 0.288. The van der Waals surface area contributed by atoms with Crippen molar-refractivity contribution in [3.8, 4) is 5.69 Å². The molecule has 156 valence electrons. The van der Waals surface area contributed by atoms with Crippen LogP contribution < -0.4 is 5.32 Å². The third kappa shape index (κ3) is 5.01. The fourth-order valence-corrected chi connectivity index (χ4v) is 3.96. The van der Waals surface area contributed by atoms with E-state index in [1.807, 2.05) is 30.5 Å². The highest BCUT2D eigenvalue weighted by atomic mass is 32.1. The minimum absolute atomic E-state index is 0.00643. The number of nitrogens with one attached hydrogen (secondary N) is 1. The van der Waals surface area contributed by atoms with Gasteiger partial charge in [-0.15, -0.1) is 11.3 Å². The van der Waals surface area contributed by atoms with Crippen LogP contribution in [0.5, 0.6) is 0 Å². The number of carbonyl (C=O) groups is 1. The van der Waals surface area contributed by atoms with Gasteiger partial charge in [0.25, 0.3) is 5.69 Å². The summed E-state index contributed by atoms with van der Waals surface area (Å²) in [7, 11) is 0. The molecule has 0 aliphatic carbocycles. The average Bonchev–Trinajstić information content (AvgIpc) is 3.34. The highest BCUT2D eigenvalue weighted by Gasteiger charge is 2.14. The number of nitro benzene ring substituents is 1. The second-order valence-electron chi connectivity index (χ2n) is 6.98. The van der Waals surface area contributed by atoms with E-state index in [1.165, 1.54) is 29.0 Å². The Morgan fingerprint density at radius 3 is 2.61 bits per heavy atom. The zero-order chi connectivity index (χ0) is 21.8. The lowest BCUT2D eigenvalue weighted by atomic mass is 10.2. The molecule has 0 spiro atoms. The van der Waals surface area contributed by atoms with Crippen LogP contribution in [0.4, 0.5) is 11.5 Å². The van der Waals surface area contributed by atoms with Crippen molar-refractivity contribution in [1.82, 2.24) is 14.8 Å². The van der Waals surface area contributed by atoms with E-state index in [2.05, 4.69) is 27.5 Å². The average molecular weight is 433 g/mol. The van der Waals surface area contributed by atoms with Gasteiger partial charge in [0, 0.05) is 30.0 Å². The molecule has 0 bridgehead atoms. The van der Waals surface area contributed by atoms with Gasteiger partial charge in [-0.25, -0.2) is 9.67 Å². The Hall–Kier alpha value is -3.85. The molecule has 2 aromatic carbocycles. The molecule has 1 amide bonds. The van der Waals surface area contributed by atoms with Crippen LogP contribution in [0.15, 0.2) is 66.0 Å². The molecule has 2 aromatic heterocycles. The molecular weight excluding hydrogens is 414 g/mol. The summed E-state index contributed by atoms with van der Waals surface area (Å²) in [6, 6.07) is 17.8. The van der Waals surface area contributed by atoms with Gasteiger partial charge < -0.3 is 5.32 Å². The monoisotopic (exact) mass is 433 g/mol. The number of carbonyl (C=O) groups excluding carboxylic acids is 1. The maximum absolute atomic E-state index is 12.6. The van der Waals surface area contributed by atoms with Crippen LogP contribution in [0.3, 0.4) is 0 Å². The van der Waals surface area contributed by atoms with Crippen LogP contribution in [0, 0.1) is 17.0 Å². The van der Waals surface area contributed by atoms with E-state index in [1.54, 1.807) is 22.9 Å². The minimum Gasteiger partial charge on any atom is -0.310 e. The molecular formula is C22H19N5O3S. The molecule has 4 aromatic rings. The predicted octanol–water partition coefficient (Wildman–Crippen LogP) is 4.32. The molecule has 0 aliphatic rings. The Balaban J connectivity index is 1.44. The van der Waals surface area contributed by atoms with E-state index >= 15 is 0 Å². The van der Waals surface area contributed by atoms with E-state index in [4.69, 9.17) is 0 Å². The van der Waals surface area contributed by atoms with Gasteiger partial charge in [-0.05, 0) is 24.6 Å². The largest absolute Gasteiger partial charge is 0.310 e. The van der Waals surface area contributed by atoms with Gasteiger partial charge in [0.1, 0.15) is 5.82 Å².